The Morgan fingerprint density at radius 1 is 1.21 bits per heavy atom. The zero-order chi connectivity index (χ0) is 20.6. The van der Waals surface area contributed by atoms with E-state index in [4.69, 9.17) is 14.7 Å². The fourth-order valence-electron chi connectivity index (χ4n) is 2.49. The van der Waals surface area contributed by atoms with E-state index in [-0.39, 0.29) is 12.5 Å². The van der Waals surface area contributed by atoms with Gasteiger partial charge in [0.05, 0.1) is 23.9 Å². The second-order valence-corrected chi connectivity index (χ2v) is 7.55. The summed E-state index contributed by atoms with van der Waals surface area (Å²) in [7, 11) is 0. The molecule has 1 aromatic heterocycles. The number of nitriles is 1. The third-order valence-electron chi connectivity index (χ3n) is 3.87. The molecule has 1 N–H and O–H groups in total. The predicted molar refractivity (Wildman–Crippen MR) is 116 cm³/mol. The van der Waals surface area contributed by atoms with Crippen LogP contribution in [-0.4, -0.2) is 30.4 Å². The first-order chi connectivity index (χ1) is 14.1. The van der Waals surface area contributed by atoms with Crippen LogP contribution < -0.4 is 14.8 Å². The van der Waals surface area contributed by atoms with Crippen molar-refractivity contribution in [2.45, 2.75) is 11.8 Å². The second kappa shape index (κ2) is 9.96. The van der Waals surface area contributed by atoms with Gasteiger partial charge in [-0.2, -0.15) is 5.26 Å². The number of ether oxygens (including phenoxy) is 2. The predicted octanol–water partition coefficient (Wildman–Crippen LogP) is 4.82. The maximum atomic E-state index is 12.2. The Kier molecular flexibility index (Phi) is 7.11. The van der Waals surface area contributed by atoms with E-state index in [1.165, 1.54) is 16.2 Å². The van der Waals surface area contributed by atoms with Crippen LogP contribution in [0.2, 0.25) is 0 Å². The molecule has 0 saturated heterocycles. The van der Waals surface area contributed by atoms with Crippen molar-refractivity contribution < 1.29 is 14.3 Å². The van der Waals surface area contributed by atoms with E-state index in [1.54, 1.807) is 30.0 Å². The van der Waals surface area contributed by atoms with Crippen molar-refractivity contribution in [3.8, 4) is 28.8 Å². The van der Waals surface area contributed by atoms with Gasteiger partial charge in [-0.1, -0.05) is 12.1 Å². The number of hydrogen-bond donors (Lipinski definition) is 1. The average Bonchev–Trinajstić information content (AvgIpc) is 3.21. The number of aromatic nitrogens is 1. The van der Waals surface area contributed by atoms with E-state index < -0.39 is 0 Å². The van der Waals surface area contributed by atoms with Crippen LogP contribution >= 0.6 is 23.1 Å². The molecule has 0 bridgehead atoms. The quantitative estimate of drug-likeness (QED) is 0.521. The van der Waals surface area contributed by atoms with Crippen LogP contribution in [0.5, 0.6) is 11.5 Å². The lowest BCUT2D eigenvalue weighted by Gasteiger charge is -2.11. The van der Waals surface area contributed by atoms with Gasteiger partial charge in [-0.25, -0.2) is 4.98 Å². The number of anilines is 1. The van der Waals surface area contributed by atoms with Gasteiger partial charge in [0, 0.05) is 21.9 Å². The SMILES string of the molecule is CCOc1cc(C#N)ccc1OCC(=O)Nc1nc(-c2ccc(SC)cc2)cs1. The van der Waals surface area contributed by atoms with Crippen LogP contribution in [-0.2, 0) is 4.79 Å². The number of thioether (sulfide) groups is 1. The van der Waals surface area contributed by atoms with Gasteiger partial charge in [-0.05, 0) is 37.4 Å². The Hall–Kier alpha value is -3.02. The fourth-order valence-corrected chi connectivity index (χ4v) is 3.63. The Bertz CT molecular complexity index is 1030. The summed E-state index contributed by atoms with van der Waals surface area (Å²) >= 11 is 3.04. The van der Waals surface area contributed by atoms with Gasteiger partial charge in [-0.15, -0.1) is 23.1 Å². The zero-order valence-corrected chi connectivity index (χ0v) is 17.6. The Morgan fingerprint density at radius 2 is 2.00 bits per heavy atom. The van der Waals surface area contributed by atoms with Gasteiger partial charge >= 0.3 is 0 Å². The van der Waals surface area contributed by atoms with E-state index in [9.17, 15) is 4.79 Å². The number of thiazole rings is 1. The lowest BCUT2D eigenvalue weighted by atomic mass is 10.2. The van der Waals surface area contributed by atoms with E-state index in [2.05, 4.69) is 10.3 Å². The van der Waals surface area contributed by atoms with Crippen molar-refractivity contribution in [2.24, 2.45) is 0 Å². The third-order valence-corrected chi connectivity index (χ3v) is 5.37. The maximum absolute atomic E-state index is 12.2. The molecule has 148 valence electrons. The molecule has 0 radical (unpaired) electrons. The Morgan fingerprint density at radius 3 is 2.69 bits per heavy atom. The summed E-state index contributed by atoms with van der Waals surface area (Å²) in [6.07, 6.45) is 2.03. The molecule has 1 amide bonds. The number of hydrogen-bond acceptors (Lipinski definition) is 7. The number of carbonyl (C=O) groups excluding carboxylic acids is 1. The van der Waals surface area contributed by atoms with Crippen molar-refractivity contribution in [2.75, 3.05) is 24.8 Å². The Labute approximate surface area is 177 Å². The normalized spacial score (nSPS) is 10.2. The first-order valence-corrected chi connectivity index (χ1v) is 10.9. The number of benzene rings is 2. The summed E-state index contributed by atoms with van der Waals surface area (Å²) in [6.45, 7) is 2.07. The molecule has 8 heteroatoms. The van der Waals surface area contributed by atoms with E-state index in [0.717, 1.165) is 11.3 Å². The molecule has 0 aliphatic carbocycles. The molecule has 0 unspecified atom stereocenters. The summed E-state index contributed by atoms with van der Waals surface area (Å²) < 4.78 is 11.0. The number of carbonyl (C=O) groups is 1. The average molecular weight is 426 g/mol. The van der Waals surface area contributed by atoms with E-state index >= 15 is 0 Å². The summed E-state index contributed by atoms with van der Waals surface area (Å²) in [5.41, 5.74) is 2.27. The van der Waals surface area contributed by atoms with Crippen LogP contribution in [0.4, 0.5) is 5.13 Å². The minimum Gasteiger partial charge on any atom is -0.490 e. The summed E-state index contributed by atoms with van der Waals surface area (Å²) in [5, 5.41) is 14.1. The van der Waals surface area contributed by atoms with Gasteiger partial charge in [-0.3, -0.25) is 10.1 Å². The summed E-state index contributed by atoms with van der Waals surface area (Å²) in [6, 6.07) is 15.0. The number of nitrogens with zero attached hydrogens (tertiary/aromatic N) is 2. The lowest BCUT2D eigenvalue weighted by Crippen LogP contribution is -2.20. The van der Waals surface area contributed by atoms with Crippen LogP contribution in [0.1, 0.15) is 12.5 Å². The van der Waals surface area contributed by atoms with Crippen LogP contribution in [0, 0.1) is 11.3 Å². The Balaban J connectivity index is 1.60. The number of rotatable bonds is 8. The molecule has 0 spiro atoms. The fraction of sp³-hybridized carbons (Fsp3) is 0.190. The smallest absolute Gasteiger partial charge is 0.264 e. The molecule has 29 heavy (non-hydrogen) atoms. The molecule has 3 aromatic rings. The van der Waals surface area contributed by atoms with Crippen molar-refractivity contribution in [1.82, 2.24) is 4.98 Å². The largest absolute Gasteiger partial charge is 0.490 e. The van der Waals surface area contributed by atoms with Crippen LogP contribution in [0.15, 0.2) is 52.7 Å². The standard InChI is InChI=1S/C21H19N3O3S2/c1-3-26-19-10-14(11-22)4-9-18(19)27-12-20(25)24-21-23-17(13-29-21)15-5-7-16(28-2)8-6-15/h4-10,13H,3,12H2,1-2H3,(H,23,24,25). The highest BCUT2D eigenvalue weighted by atomic mass is 32.2. The minimum absolute atomic E-state index is 0.191. The molecule has 0 fully saturated rings. The first kappa shape index (κ1) is 20.7. The monoisotopic (exact) mass is 425 g/mol. The van der Waals surface area contributed by atoms with Crippen LogP contribution in [0.25, 0.3) is 11.3 Å². The molecule has 0 aliphatic heterocycles. The first-order valence-electron chi connectivity index (χ1n) is 8.82. The molecule has 0 saturated carbocycles. The second-order valence-electron chi connectivity index (χ2n) is 5.81. The van der Waals surface area contributed by atoms with Crippen molar-refractivity contribution >= 4 is 34.1 Å². The zero-order valence-electron chi connectivity index (χ0n) is 16.0. The van der Waals surface area contributed by atoms with Gasteiger partial charge in [0.2, 0.25) is 0 Å². The third kappa shape index (κ3) is 5.50. The number of amides is 1. The van der Waals surface area contributed by atoms with Gasteiger partial charge in [0.25, 0.3) is 5.91 Å². The highest BCUT2D eigenvalue weighted by Crippen LogP contribution is 2.29. The number of nitrogens with one attached hydrogen (secondary N) is 1. The molecule has 0 atom stereocenters. The van der Waals surface area contributed by atoms with Gasteiger partial charge < -0.3 is 9.47 Å². The molecule has 1 heterocycles. The molecule has 3 rings (SSSR count). The minimum atomic E-state index is -0.324. The summed E-state index contributed by atoms with van der Waals surface area (Å²) in [5.74, 6) is 0.523. The molecular weight excluding hydrogens is 406 g/mol. The van der Waals surface area contributed by atoms with E-state index in [1.807, 2.05) is 48.9 Å². The van der Waals surface area contributed by atoms with Crippen molar-refractivity contribution in [3.63, 3.8) is 0 Å². The molecular formula is C21H19N3O3S2. The lowest BCUT2D eigenvalue weighted by molar-refractivity contribution is -0.118. The van der Waals surface area contributed by atoms with E-state index in [0.29, 0.717) is 28.8 Å². The summed E-state index contributed by atoms with van der Waals surface area (Å²) in [4.78, 5) is 17.9. The topological polar surface area (TPSA) is 84.2 Å². The molecule has 6 nitrogen and oxygen atoms in total. The van der Waals surface area contributed by atoms with Crippen molar-refractivity contribution in [1.29, 1.82) is 5.26 Å². The highest BCUT2D eigenvalue weighted by Gasteiger charge is 2.12. The van der Waals surface area contributed by atoms with Crippen LogP contribution in [0.3, 0.4) is 0 Å². The van der Waals surface area contributed by atoms with Gasteiger partial charge in [0.15, 0.2) is 23.2 Å². The molecule has 2 aromatic carbocycles. The van der Waals surface area contributed by atoms with Crippen molar-refractivity contribution in [3.05, 3.63) is 53.4 Å². The maximum Gasteiger partial charge on any atom is 0.264 e. The van der Waals surface area contributed by atoms with Gasteiger partial charge in [0.1, 0.15) is 0 Å². The molecule has 0 aliphatic rings. The highest BCUT2D eigenvalue weighted by molar-refractivity contribution is 7.98.